The summed E-state index contributed by atoms with van der Waals surface area (Å²) >= 11 is 0. The van der Waals surface area contributed by atoms with Gasteiger partial charge in [0.2, 0.25) is 5.91 Å². The SMILES string of the molecule is CCOc1cc(N(C)CC(C)C(=O)NC)ccc1N. The van der Waals surface area contributed by atoms with Crippen molar-refractivity contribution in [3.8, 4) is 5.75 Å². The number of benzene rings is 1. The predicted molar refractivity (Wildman–Crippen MR) is 78.5 cm³/mol. The van der Waals surface area contributed by atoms with E-state index in [-0.39, 0.29) is 11.8 Å². The molecule has 1 aromatic rings. The molecule has 0 aromatic heterocycles. The van der Waals surface area contributed by atoms with Gasteiger partial charge in [0.05, 0.1) is 18.2 Å². The van der Waals surface area contributed by atoms with E-state index >= 15 is 0 Å². The van der Waals surface area contributed by atoms with Gasteiger partial charge in [-0.15, -0.1) is 0 Å². The van der Waals surface area contributed by atoms with Gasteiger partial charge in [-0.1, -0.05) is 6.92 Å². The molecule has 0 aliphatic carbocycles. The van der Waals surface area contributed by atoms with E-state index in [1.807, 2.05) is 44.0 Å². The lowest BCUT2D eigenvalue weighted by Crippen LogP contribution is -2.34. The molecule has 0 saturated heterocycles. The number of nitrogen functional groups attached to an aromatic ring is 1. The first-order valence-corrected chi connectivity index (χ1v) is 6.44. The van der Waals surface area contributed by atoms with Crippen LogP contribution in [-0.2, 0) is 4.79 Å². The molecule has 0 fully saturated rings. The third kappa shape index (κ3) is 4.05. The van der Waals surface area contributed by atoms with Gasteiger partial charge in [0, 0.05) is 32.4 Å². The van der Waals surface area contributed by atoms with Gasteiger partial charge in [-0.3, -0.25) is 4.79 Å². The van der Waals surface area contributed by atoms with E-state index in [0.717, 1.165) is 5.69 Å². The molecule has 3 N–H and O–H groups in total. The molecular formula is C14H23N3O2. The first-order chi connectivity index (χ1) is 8.99. The Morgan fingerprint density at radius 3 is 2.79 bits per heavy atom. The van der Waals surface area contributed by atoms with Crippen molar-refractivity contribution in [2.24, 2.45) is 5.92 Å². The molecule has 1 rings (SSSR count). The van der Waals surface area contributed by atoms with Crippen LogP contribution >= 0.6 is 0 Å². The van der Waals surface area contributed by atoms with Crippen LogP contribution in [0.4, 0.5) is 11.4 Å². The molecule has 0 aliphatic rings. The smallest absolute Gasteiger partial charge is 0.224 e. The van der Waals surface area contributed by atoms with Crippen LogP contribution in [0.2, 0.25) is 0 Å². The van der Waals surface area contributed by atoms with E-state index in [9.17, 15) is 4.79 Å². The van der Waals surface area contributed by atoms with E-state index < -0.39 is 0 Å². The molecule has 0 spiro atoms. The minimum atomic E-state index is -0.0805. The third-order valence-corrected chi connectivity index (χ3v) is 2.98. The molecule has 106 valence electrons. The van der Waals surface area contributed by atoms with Crippen LogP contribution < -0.4 is 20.7 Å². The van der Waals surface area contributed by atoms with Crippen molar-refractivity contribution >= 4 is 17.3 Å². The molecule has 1 aromatic carbocycles. The molecule has 5 heteroatoms. The lowest BCUT2D eigenvalue weighted by Gasteiger charge is -2.23. The van der Waals surface area contributed by atoms with Crippen LogP contribution in [0.25, 0.3) is 0 Å². The van der Waals surface area contributed by atoms with Crippen molar-refractivity contribution in [3.05, 3.63) is 18.2 Å². The Labute approximate surface area is 114 Å². The summed E-state index contributed by atoms with van der Waals surface area (Å²) < 4.78 is 5.47. The first-order valence-electron chi connectivity index (χ1n) is 6.44. The number of nitrogens with one attached hydrogen (secondary N) is 1. The second kappa shape index (κ2) is 6.87. The molecular weight excluding hydrogens is 242 g/mol. The Kier molecular flexibility index (Phi) is 5.48. The summed E-state index contributed by atoms with van der Waals surface area (Å²) in [6.07, 6.45) is 0. The quantitative estimate of drug-likeness (QED) is 0.765. The molecule has 19 heavy (non-hydrogen) atoms. The summed E-state index contributed by atoms with van der Waals surface area (Å²) in [5, 5.41) is 2.65. The van der Waals surface area contributed by atoms with Crippen molar-refractivity contribution in [3.63, 3.8) is 0 Å². The second-order valence-electron chi connectivity index (χ2n) is 4.55. The average molecular weight is 265 g/mol. The first kappa shape index (κ1) is 15.1. The minimum absolute atomic E-state index is 0.0346. The van der Waals surface area contributed by atoms with Gasteiger partial charge in [0.1, 0.15) is 5.75 Å². The number of hydrogen-bond donors (Lipinski definition) is 2. The minimum Gasteiger partial charge on any atom is -0.492 e. The molecule has 0 saturated carbocycles. The van der Waals surface area contributed by atoms with Crippen molar-refractivity contribution in [1.29, 1.82) is 0 Å². The summed E-state index contributed by atoms with van der Waals surface area (Å²) in [6.45, 7) is 5.03. The Bertz CT molecular complexity index is 435. The fourth-order valence-corrected chi connectivity index (χ4v) is 1.89. The van der Waals surface area contributed by atoms with E-state index in [1.54, 1.807) is 7.05 Å². The van der Waals surface area contributed by atoms with Crippen LogP contribution in [0.3, 0.4) is 0 Å². The number of nitrogens with two attached hydrogens (primary N) is 1. The topological polar surface area (TPSA) is 67.6 Å². The zero-order valence-corrected chi connectivity index (χ0v) is 12.1. The molecule has 1 amide bonds. The number of ether oxygens (including phenoxy) is 1. The highest BCUT2D eigenvalue weighted by atomic mass is 16.5. The number of carbonyl (C=O) groups excluding carboxylic acids is 1. The van der Waals surface area contributed by atoms with E-state index in [4.69, 9.17) is 10.5 Å². The van der Waals surface area contributed by atoms with E-state index in [2.05, 4.69) is 5.32 Å². The number of anilines is 2. The number of amides is 1. The number of carbonyl (C=O) groups is 1. The van der Waals surface area contributed by atoms with Crippen molar-refractivity contribution in [2.75, 3.05) is 37.9 Å². The maximum atomic E-state index is 11.5. The number of hydrogen-bond acceptors (Lipinski definition) is 4. The Balaban J connectivity index is 2.79. The summed E-state index contributed by atoms with van der Waals surface area (Å²) in [4.78, 5) is 13.5. The summed E-state index contributed by atoms with van der Waals surface area (Å²) in [6, 6.07) is 5.64. The molecule has 0 radical (unpaired) electrons. The zero-order valence-electron chi connectivity index (χ0n) is 12.1. The fraction of sp³-hybridized carbons (Fsp3) is 0.500. The molecule has 1 atom stereocenters. The Morgan fingerprint density at radius 1 is 1.53 bits per heavy atom. The van der Waals surface area contributed by atoms with Gasteiger partial charge in [0.15, 0.2) is 0 Å². The van der Waals surface area contributed by atoms with Gasteiger partial charge in [-0.05, 0) is 19.1 Å². The summed E-state index contributed by atoms with van der Waals surface area (Å²) in [5.41, 5.74) is 7.44. The molecule has 0 heterocycles. The maximum absolute atomic E-state index is 11.5. The molecule has 0 bridgehead atoms. The molecule has 1 unspecified atom stereocenters. The van der Waals surface area contributed by atoms with Gasteiger partial charge in [0.25, 0.3) is 0 Å². The summed E-state index contributed by atoms with van der Waals surface area (Å²) in [7, 11) is 3.59. The van der Waals surface area contributed by atoms with Gasteiger partial charge in [-0.25, -0.2) is 0 Å². The standard InChI is InChI=1S/C14H23N3O2/c1-5-19-13-8-11(6-7-12(13)15)17(4)9-10(2)14(18)16-3/h6-8,10H,5,9,15H2,1-4H3,(H,16,18). The largest absolute Gasteiger partial charge is 0.492 e. The second-order valence-corrected chi connectivity index (χ2v) is 4.55. The van der Waals surface area contributed by atoms with Crippen molar-refractivity contribution in [2.45, 2.75) is 13.8 Å². The van der Waals surface area contributed by atoms with Crippen LogP contribution in [0.15, 0.2) is 18.2 Å². The highest BCUT2D eigenvalue weighted by molar-refractivity contribution is 5.78. The number of nitrogens with zero attached hydrogens (tertiary/aromatic N) is 1. The lowest BCUT2D eigenvalue weighted by atomic mass is 10.1. The van der Waals surface area contributed by atoms with Crippen molar-refractivity contribution < 1.29 is 9.53 Å². The Hall–Kier alpha value is -1.91. The van der Waals surface area contributed by atoms with Gasteiger partial charge in [-0.2, -0.15) is 0 Å². The summed E-state index contributed by atoms with van der Waals surface area (Å²) in [5.74, 6) is 0.634. The molecule has 0 aliphatic heterocycles. The lowest BCUT2D eigenvalue weighted by molar-refractivity contribution is -0.123. The number of rotatable bonds is 6. The maximum Gasteiger partial charge on any atom is 0.224 e. The van der Waals surface area contributed by atoms with Crippen LogP contribution in [0, 0.1) is 5.92 Å². The highest BCUT2D eigenvalue weighted by Crippen LogP contribution is 2.27. The Morgan fingerprint density at radius 2 is 2.21 bits per heavy atom. The molecule has 5 nitrogen and oxygen atoms in total. The fourth-order valence-electron chi connectivity index (χ4n) is 1.89. The normalized spacial score (nSPS) is 11.8. The van der Waals surface area contributed by atoms with E-state index in [1.165, 1.54) is 0 Å². The van der Waals surface area contributed by atoms with Gasteiger partial charge < -0.3 is 20.7 Å². The van der Waals surface area contributed by atoms with Crippen LogP contribution in [0.1, 0.15) is 13.8 Å². The van der Waals surface area contributed by atoms with Crippen LogP contribution in [-0.4, -0.2) is 33.2 Å². The van der Waals surface area contributed by atoms with Crippen LogP contribution in [0.5, 0.6) is 5.75 Å². The highest BCUT2D eigenvalue weighted by Gasteiger charge is 2.14. The van der Waals surface area contributed by atoms with Crippen molar-refractivity contribution in [1.82, 2.24) is 5.32 Å². The monoisotopic (exact) mass is 265 g/mol. The van der Waals surface area contributed by atoms with Gasteiger partial charge >= 0.3 is 0 Å². The third-order valence-electron chi connectivity index (χ3n) is 2.98. The zero-order chi connectivity index (χ0) is 14.4. The average Bonchev–Trinajstić information content (AvgIpc) is 2.40. The predicted octanol–water partition coefficient (Wildman–Crippen LogP) is 1.49. The van der Waals surface area contributed by atoms with E-state index in [0.29, 0.717) is 24.6 Å².